The third-order valence-electron chi connectivity index (χ3n) is 4.25. The Morgan fingerprint density at radius 3 is 2.52 bits per heavy atom. The van der Waals surface area contributed by atoms with Gasteiger partial charge in [0.1, 0.15) is 15.7 Å². The van der Waals surface area contributed by atoms with Gasteiger partial charge in [-0.1, -0.05) is 0 Å². The van der Waals surface area contributed by atoms with Gasteiger partial charge in [0.25, 0.3) is 0 Å². The number of pyridine rings is 1. The zero-order valence-electron chi connectivity index (χ0n) is 14.7. The average Bonchev–Trinajstić information content (AvgIpc) is 3.00. The maximum atomic E-state index is 12.7. The van der Waals surface area contributed by atoms with E-state index >= 15 is 0 Å². The second-order valence-electron chi connectivity index (χ2n) is 6.30. The van der Waals surface area contributed by atoms with E-state index in [9.17, 15) is 8.42 Å². The van der Waals surface area contributed by atoms with Crippen LogP contribution in [0.5, 0.6) is 0 Å². The Bertz CT molecular complexity index is 811. The fourth-order valence-electron chi connectivity index (χ4n) is 2.69. The van der Waals surface area contributed by atoms with Gasteiger partial charge in [-0.25, -0.2) is 18.4 Å². The van der Waals surface area contributed by atoms with Crippen LogP contribution in [0.4, 0.5) is 5.82 Å². The van der Waals surface area contributed by atoms with E-state index in [1.165, 1.54) is 10.5 Å². The Hall–Kier alpha value is -1.55. The van der Waals surface area contributed by atoms with Crippen molar-refractivity contribution in [3.05, 3.63) is 34.4 Å². The first kappa shape index (κ1) is 18.2. The van der Waals surface area contributed by atoms with Gasteiger partial charge in [-0.15, -0.1) is 11.3 Å². The molecule has 3 heterocycles. The van der Waals surface area contributed by atoms with Crippen molar-refractivity contribution in [3.8, 4) is 0 Å². The van der Waals surface area contributed by atoms with Crippen molar-refractivity contribution in [3.63, 3.8) is 0 Å². The Kier molecular flexibility index (Phi) is 5.38. The van der Waals surface area contributed by atoms with Crippen LogP contribution in [0.15, 0.2) is 28.6 Å². The van der Waals surface area contributed by atoms with E-state index in [1.807, 2.05) is 31.3 Å². The summed E-state index contributed by atoms with van der Waals surface area (Å²) in [6, 6.07) is 3.39. The van der Waals surface area contributed by atoms with Gasteiger partial charge in [0.15, 0.2) is 0 Å². The first-order valence-electron chi connectivity index (χ1n) is 8.13. The number of anilines is 1. The smallest absolute Gasteiger partial charge is 0.244 e. The van der Waals surface area contributed by atoms with E-state index in [2.05, 4.69) is 14.9 Å². The largest absolute Gasteiger partial charge is 0.353 e. The lowest BCUT2D eigenvalue weighted by atomic mass is 10.4. The fraction of sp³-hybridized carbons (Fsp3) is 0.500. The minimum atomic E-state index is -3.47. The minimum absolute atomic E-state index is 0.249. The molecule has 9 heteroatoms. The zero-order chi connectivity index (χ0) is 18.0. The van der Waals surface area contributed by atoms with Gasteiger partial charge in [-0.05, 0) is 26.1 Å². The van der Waals surface area contributed by atoms with Gasteiger partial charge in [0, 0.05) is 50.5 Å². The Labute approximate surface area is 153 Å². The van der Waals surface area contributed by atoms with E-state index in [-0.39, 0.29) is 4.90 Å². The molecule has 0 bridgehead atoms. The van der Waals surface area contributed by atoms with E-state index in [4.69, 9.17) is 0 Å². The monoisotopic (exact) mass is 381 g/mol. The highest BCUT2D eigenvalue weighted by atomic mass is 32.2. The normalized spacial score (nSPS) is 16.9. The first-order valence-corrected chi connectivity index (χ1v) is 10.4. The quantitative estimate of drug-likeness (QED) is 0.780. The number of piperazine rings is 1. The summed E-state index contributed by atoms with van der Waals surface area (Å²) >= 11 is 1.61. The van der Waals surface area contributed by atoms with Crippen molar-refractivity contribution in [2.45, 2.75) is 18.4 Å². The van der Waals surface area contributed by atoms with Gasteiger partial charge >= 0.3 is 0 Å². The molecule has 1 fully saturated rings. The van der Waals surface area contributed by atoms with Crippen LogP contribution in [0, 0.1) is 6.92 Å². The predicted molar refractivity (Wildman–Crippen MR) is 99.5 cm³/mol. The third kappa shape index (κ3) is 4.17. The lowest BCUT2D eigenvalue weighted by Gasteiger charge is -2.31. The number of aromatic nitrogens is 2. The van der Waals surface area contributed by atoms with Crippen molar-refractivity contribution in [2.75, 3.05) is 45.2 Å². The number of hydrogen-bond donors (Lipinski definition) is 0. The van der Waals surface area contributed by atoms with Gasteiger partial charge in [-0.3, -0.25) is 0 Å². The number of hydrogen-bond acceptors (Lipinski definition) is 7. The van der Waals surface area contributed by atoms with Gasteiger partial charge in [0.2, 0.25) is 10.0 Å². The van der Waals surface area contributed by atoms with E-state index < -0.39 is 10.0 Å². The van der Waals surface area contributed by atoms with Crippen LogP contribution in [0.1, 0.15) is 10.7 Å². The molecule has 2 aromatic rings. The number of aryl methyl sites for hydroxylation is 1. The van der Waals surface area contributed by atoms with Crippen molar-refractivity contribution < 1.29 is 8.42 Å². The summed E-state index contributed by atoms with van der Waals surface area (Å²) in [6.45, 7) is 5.15. The van der Waals surface area contributed by atoms with Crippen molar-refractivity contribution in [1.82, 2.24) is 19.2 Å². The van der Waals surface area contributed by atoms with E-state index in [1.54, 1.807) is 23.5 Å². The molecular formula is C16H23N5O2S2. The van der Waals surface area contributed by atoms with Crippen LogP contribution in [0.2, 0.25) is 0 Å². The summed E-state index contributed by atoms with van der Waals surface area (Å²) in [6.07, 6.45) is 1.45. The van der Waals surface area contributed by atoms with Crippen molar-refractivity contribution >= 4 is 27.2 Å². The highest BCUT2D eigenvalue weighted by molar-refractivity contribution is 7.89. The summed E-state index contributed by atoms with van der Waals surface area (Å²) in [4.78, 5) is 13.1. The molecule has 0 atom stereocenters. The lowest BCUT2D eigenvalue weighted by Crippen LogP contribution is -2.47. The summed E-state index contributed by atoms with van der Waals surface area (Å²) < 4.78 is 27.0. The first-order chi connectivity index (χ1) is 11.9. The standard InChI is InChI=1S/C16H23N5O2S2/c1-13-12-24-16(18-13)11-20(3)15-5-4-14(10-17-15)25(22,23)21-8-6-19(2)7-9-21/h4-5,10,12H,6-9,11H2,1-3H3. The summed E-state index contributed by atoms with van der Waals surface area (Å²) in [5, 5.41) is 3.03. The summed E-state index contributed by atoms with van der Waals surface area (Å²) in [7, 11) is 0.456. The molecule has 0 N–H and O–H groups in total. The Morgan fingerprint density at radius 1 is 1.24 bits per heavy atom. The molecule has 0 amide bonds. The molecule has 0 unspecified atom stereocenters. The summed E-state index contributed by atoms with van der Waals surface area (Å²) in [5.74, 6) is 0.727. The molecule has 0 spiro atoms. The maximum absolute atomic E-state index is 12.7. The SMILES string of the molecule is Cc1csc(CN(C)c2ccc(S(=O)(=O)N3CCN(C)CC3)cn2)n1. The molecule has 0 saturated carbocycles. The molecule has 25 heavy (non-hydrogen) atoms. The molecule has 0 aliphatic carbocycles. The van der Waals surface area contributed by atoms with Gasteiger partial charge < -0.3 is 9.80 Å². The van der Waals surface area contributed by atoms with Crippen molar-refractivity contribution in [2.24, 2.45) is 0 Å². The highest BCUT2D eigenvalue weighted by Crippen LogP contribution is 2.20. The number of likely N-dealkylation sites (N-methyl/N-ethyl adjacent to an activating group) is 1. The lowest BCUT2D eigenvalue weighted by molar-refractivity contribution is 0.222. The van der Waals surface area contributed by atoms with Crippen LogP contribution in [0.25, 0.3) is 0 Å². The topological polar surface area (TPSA) is 69.6 Å². The molecule has 0 aromatic carbocycles. The van der Waals surface area contributed by atoms with Crippen LogP contribution >= 0.6 is 11.3 Å². The molecule has 1 aliphatic heterocycles. The molecule has 0 radical (unpaired) electrons. The third-order valence-corrected chi connectivity index (χ3v) is 7.08. The minimum Gasteiger partial charge on any atom is -0.353 e. The molecule has 1 saturated heterocycles. The molecule has 136 valence electrons. The molecular weight excluding hydrogens is 358 g/mol. The van der Waals surface area contributed by atoms with E-state index in [0.29, 0.717) is 19.6 Å². The van der Waals surface area contributed by atoms with Crippen LogP contribution in [0.3, 0.4) is 0 Å². The maximum Gasteiger partial charge on any atom is 0.244 e. The van der Waals surface area contributed by atoms with Gasteiger partial charge in [0.05, 0.1) is 6.54 Å². The molecule has 3 rings (SSSR count). The molecule has 1 aliphatic rings. The second-order valence-corrected chi connectivity index (χ2v) is 9.18. The van der Waals surface area contributed by atoms with Gasteiger partial charge in [-0.2, -0.15) is 4.31 Å². The molecule has 7 nitrogen and oxygen atoms in total. The Balaban J connectivity index is 1.70. The average molecular weight is 382 g/mol. The van der Waals surface area contributed by atoms with Crippen molar-refractivity contribution in [1.29, 1.82) is 0 Å². The highest BCUT2D eigenvalue weighted by Gasteiger charge is 2.27. The number of nitrogens with zero attached hydrogens (tertiary/aromatic N) is 5. The predicted octanol–water partition coefficient (Wildman–Crippen LogP) is 1.42. The fourth-order valence-corrected chi connectivity index (χ4v) is 4.88. The summed E-state index contributed by atoms with van der Waals surface area (Å²) in [5.41, 5.74) is 1.01. The number of thiazole rings is 1. The van der Waals surface area contributed by atoms with Crippen LogP contribution in [-0.2, 0) is 16.6 Å². The second kappa shape index (κ2) is 7.36. The number of sulfonamides is 1. The van der Waals surface area contributed by atoms with Crippen LogP contribution < -0.4 is 4.90 Å². The zero-order valence-corrected chi connectivity index (χ0v) is 16.3. The van der Waals surface area contributed by atoms with E-state index in [0.717, 1.165) is 29.6 Å². The molecule has 2 aromatic heterocycles. The van der Waals surface area contributed by atoms with Crippen LogP contribution in [-0.4, -0.2) is 67.9 Å². The Morgan fingerprint density at radius 2 is 1.96 bits per heavy atom. The number of rotatable bonds is 5.